The second-order valence-corrected chi connectivity index (χ2v) is 6.03. The molecular formula is C19H21N9O2. The minimum Gasteiger partial charge on any atom is -0.341 e. The third-order valence-corrected chi connectivity index (χ3v) is 4.09. The van der Waals surface area contributed by atoms with Crippen LogP contribution >= 0.6 is 0 Å². The number of aromatic nitrogens is 4. The van der Waals surface area contributed by atoms with Crippen LogP contribution in [0.5, 0.6) is 0 Å². The molecular weight excluding hydrogens is 386 g/mol. The highest BCUT2D eigenvalue weighted by Crippen LogP contribution is 2.20. The van der Waals surface area contributed by atoms with Gasteiger partial charge in [0.1, 0.15) is 0 Å². The number of hydrogen-bond acceptors (Lipinski definition) is 10. The molecule has 2 heterocycles. The average Bonchev–Trinajstić information content (AvgIpc) is 2.76. The van der Waals surface area contributed by atoms with Crippen molar-refractivity contribution < 1.29 is 4.92 Å². The van der Waals surface area contributed by atoms with Gasteiger partial charge in [-0.15, -0.1) is 0 Å². The first-order valence-corrected chi connectivity index (χ1v) is 9.30. The number of nitro groups is 1. The van der Waals surface area contributed by atoms with E-state index in [1.54, 1.807) is 30.7 Å². The standard InChI is InChI=1S/C19H21N9O2/c1-3-27(4-2)19-24-17(22-15-5-7-16(8-6-15)28(29)30)23-18(25-19)26-21-13-14-9-11-20-12-10-14/h5-13H,3-4H2,1-2H3,(H2,22,23,24,25,26)/b21-13+. The van der Waals surface area contributed by atoms with Gasteiger partial charge in [0.2, 0.25) is 17.8 Å². The number of rotatable bonds is 9. The highest BCUT2D eigenvalue weighted by atomic mass is 16.6. The number of non-ortho nitro benzene ring substituents is 1. The molecule has 0 spiro atoms. The molecule has 11 heteroatoms. The van der Waals surface area contributed by atoms with Crippen molar-refractivity contribution in [3.8, 4) is 0 Å². The summed E-state index contributed by atoms with van der Waals surface area (Å²) < 4.78 is 0. The largest absolute Gasteiger partial charge is 0.341 e. The Kier molecular flexibility index (Phi) is 6.77. The Labute approximate surface area is 173 Å². The lowest BCUT2D eigenvalue weighted by Gasteiger charge is -2.19. The molecule has 0 amide bonds. The van der Waals surface area contributed by atoms with Crippen LogP contribution in [-0.4, -0.2) is 44.2 Å². The molecule has 0 saturated carbocycles. The summed E-state index contributed by atoms with van der Waals surface area (Å²) >= 11 is 0. The zero-order chi connectivity index (χ0) is 21.3. The van der Waals surface area contributed by atoms with Crippen molar-refractivity contribution in [2.45, 2.75) is 13.8 Å². The van der Waals surface area contributed by atoms with E-state index in [9.17, 15) is 10.1 Å². The monoisotopic (exact) mass is 407 g/mol. The zero-order valence-corrected chi connectivity index (χ0v) is 16.6. The summed E-state index contributed by atoms with van der Waals surface area (Å²) in [4.78, 5) is 29.5. The predicted molar refractivity (Wildman–Crippen MR) is 115 cm³/mol. The van der Waals surface area contributed by atoms with E-state index < -0.39 is 4.92 Å². The second kappa shape index (κ2) is 9.87. The van der Waals surface area contributed by atoms with E-state index in [0.717, 1.165) is 18.7 Å². The number of benzene rings is 1. The van der Waals surface area contributed by atoms with Crippen molar-refractivity contribution in [1.82, 2.24) is 19.9 Å². The third-order valence-electron chi connectivity index (χ3n) is 4.09. The topological polar surface area (TPSA) is 134 Å². The fourth-order valence-electron chi connectivity index (χ4n) is 2.53. The molecule has 3 aromatic rings. The van der Waals surface area contributed by atoms with Crippen LogP contribution in [-0.2, 0) is 0 Å². The van der Waals surface area contributed by atoms with Gasteiger partial charge in [-0.3, -0.25) is 15.1 Å². The summed E-state index contributed by atoms with van der Waals surface area (Å²) in [5, 5.41) is 18.0. The number of hydrazone groups is 1. The summed E-state index contributed by atoms with van der Waals surface area (Å²) in [6.45, 7) is 5.45. The summed E-state index contributed by atoms with van der Waals surface area (Å²) in [6, 6.07) is 9.64. The minimum atomic E-state index is -0.450. The predicted octanol–water partition coefficient (Wildman–Crippen LogP) is 3.21. The molecule has 11 nitrogen and oxygen atoms in total. The summed E-state index contributed by atoms with van der Waals surface area (Å²) in [5.74, 6) is 1.05. The molecule has 2 aromatic heterocycles. The van der Waals surface area contributed by atoms with E-state index in [-0.39, 0.29) is 11.6 Å². The lowest BCUT2D eigenvalue weighted by molar-refractivity contribution is -0.384. The maximum Gasteiger partial charge on any atom is 0.269 e. The summed E-state index contributed by atoms with van der Waals surface area (Å²) in [5.41, 5.74) is 4.31. The SMILES string of the molecule is CCN(CC)c1nc(N/N=C/c2ccncc2)nc(Nc2ccc([N+](=O)[O-])cc2)n1. The van der Waals surface area contributed by atoms with Gasteiger partial charge >= 0.3 is 0 Å². The van der Waals surface area contributed by atoms with Crippen molar-refractivity contribution in [2.24, 2.45) is 5.10 Å². The number of anilines is 4. The minimum absolute atomic E-state index is 0.00725. The normalized spacial score (nSPS) is 10.7. The first kappa shape index (κ1) is 20.6. The zero-order valence-electron chi connectivity index (χ0n) is 16.6. The van der Waals surface area contributed by atoms with E-state index >= 15 is 0 Å². The number of nitrogens with one attached hydrogen (secondary N) is 2. The van der Waals surface area contributed by atoms with Gasteiger partial charge in [-0.25, -0.2) is 5.43 Å². The summed E-state index contributed by atoms with van der Waals surface area (Å²) in [7, 11) is 0. The van der Waals surface area contributed by atoms with Crippen LogP contribution in [0.2, 0.25) is 0 Å². The van der Waals surface area contributed by atoms with Crippen LogP contribution in [0.1, 0.15) is 19.4 Å². The van der Waals surface area contributed by atoms with Gasteiger partial charge in [0.25, 0.3) is 5.69 Å². The Bertz CT molecular complexity index is 1010. The van der Waals surface area contributed by atoms with Crippen molar-refractivity contribution in [3.05, 3.63) is 64.5 Å². The molecule has 0 aliphatic rings. The Morgan fingerprint density at radius 3 is 2.33 bits per heavy atom. The lowest BCUT2D eigenvalue weighted by atomic mass is 10.3. The number of nitrogens with zero attached hydrogens (tertiary/aromatic N) is 7. The van der Waals surface area contributed by atoms with Crippen LogP contribution in [0.25, 0.3) is 0 Å². The Morgan fingerprint density at radius 1 is 1.03 bits per heavy atom. The van der Waals surface area contributed by atoms with Gasteiger partial charge in [0, 0.05) is 43.3 Å². The van der Waals surface area contributed by atoms with Crippen molar-refractivity contribution in [2.75, 3.05) is 28.7 Å². The Balaban J connectivity index is 1.84. The van der Waals surface area contributed by atoms with Gasteiger partial charge in [0.15, 0.2) is 0 Å². The molecule has 0 radical (unpaired) electrons. The number of pyridine rings is 1. The maximum absolute atomic E-state index is 10.8. The molecule has 0 atom stereocenters. The average molecular weight is 407 g/mol. The van der Waals surface area contributed by atoms with Gasteiger partial charge in [0.05, 0.1) is 11.1 Å². The van der Waals surface area contributed by atoms with Crippen molar-refractivity contribution in [1.29, 1.82) is 0 Å². The molecule has 3 rings (SSSR count). The smallest absolute Gasteiger partial charge is 0.269 e. The van der Waals surface area contributed by atoms with Crippen molar-refractivity contribution in [3.63, 3.8) is 0 Å². The van der Waals surface area contributed by atoms with Gasteiger partial charge in [-0.05, 0) is 43.7 Å². The molecule has 0 bridgehead atoms. The van der Waals surface area contributed by atoms with E-state index in [2.05, 4.69) is 35.8 Å². The molecule has 0 fully saturated rings. The van der Waals surface area contributed by atoms with E-state index in [1.165, 1.54) is 12.1 Å². The molecule has 1 aromatic carbocycles. The molecule has 0 aliphatic heterocycles. The van der Waals surface area contributed by atoms with E-state index in [0.29, 0.717) is 17.6 Å². The highest BCUT2D eigenvalue weighted by Gasteiger charge is 2.12. The fraction of sp³-hybridized carbons (Fsp3) is 0.211. The fourth-order valence-corrected chi connectivity index (χ4v) is 2.53. The van der Waals surface area contributed by atoms with Crippen LogP contribution in [0.15, 0.2) is 53.9 Å². The Hall–Kier alpha value is -4.15. The van der Waals surface area contributed by atoms with E-state index in [1.807, 2.05) is 30.9 Å². The van der Waals surface area contributed by atoms with Gasteiger partial charge in [-0.2, -0.15) is 20.1 Å². The van der Waals surface area contributed by atoms with Gasteiger partial charge in [-0.1, -0.05) is 0 Å². The molecule has 0 aliphatic carbocycles. The lowest BCUT2D eigenvalue weighted by Crippen LogP contribution is -2.25. The number of nitro benzene ring substituents is 1. The maximum atomic E-state index is 10.8. The van der Waals surface area contributed by atoms with Crippen LogP contribution in [0.4, 0.5) is 29.2 Å². The molecule has 154 valence electrons. The highest BCUT2D eigenvalue weighted by molar-refractivity contribution is 5.79. The molecule has 0 saturated heterocycles. The first-order valence-electron chi connectivity index (χ1n) is 9.30. The second-order valence-electron chi connectivity index (χ2n) is 6.03. The molecule has 30 heavy (non-hydrogen) atoms. The van der Waals surface area contributed by atoms with Crippen LogP contribution in [0.3, 0.4) is 0 Å². The van der Waals surface area contributed by atoms with Gasteiger partial charge < -0.3 is 10.2 Å². The quantitative estimate of drug-likeness (QED) is 0.311. The third kappa shape index (κ3) is 5.44. The summed E-state index contributed by atoms with van der Waals surface area (Å²) in [6.07, 6.45) is 4.98. The van der Waals surface area contributed by atoms with E-state index in [4.69, 9.17) is 0 Å². The first-order chi connectivity index (χ1) is 14.6. The molecule has 2 N–H and O–H groups in total. The van der Waals surface area contributed by atoms with Crippen molar-refractivity contribution >= 4 is 35.4 Å². The number of hydrogen-bond donors (Lipinski definition) is 2. The molecule has 0 unspecified atom stereocenters. The van der Waals surface area contributed by atoms with Crippen LogP contribution < -0.4 is 15.6 Å². The Morgan fingerprint density at radius 2 is 1.70 bits per heavy atom. The van der Waals surface area contributed by atoms with Crippen LogP contribution in [0, 0.1) is 10.1 Å².